The highest BCUT2D eigenvalue weighted by Gasteiger charge is 2.11. The van der Waals surface area contributed by atoms with Gasteiger partial charge in [0.15, 0.2) is 11.6 Å². The molecule has 0 aromatic heterocycles. The minimum atomic E-state index is -0.739. The molecule has 158 valence electrons. The van der Waals surface area contributed by atoms with Crippen LogP contribution in [0.25, 0.3) is 32.7 Å². The van der Waals surface area contributed by atoms with Crippen molar-refractivity contribution in [3.05, 3.63) is 119 Å². The van der Waals surface area contributed by atoms with Crippen molar-refractivity contribution in [2.75, 3.05) is 0 Å². The Morgan fingerprint density at radius 1 is 0.531 bits per heavy atom. The summed E-state index contributed by atoms with van der Waals surface area (Å²) in [5, 5.41) is 4.81. The van der Waals surface area contributed by atoms with Crippen LogP contribution in [0.3, 0.4) is 0 Å². The molecule has 0 aliphatic heterocycles. The largest absolute Gasteiger partial charge is 0.203 e. The van der Waals surface area contributed by atoms with E-state index in [1.165, 1.54) is 32.8 Å². The molecule has 0 amide bonds. The lowest BCUT2D eigenvalue weighted by molar-refractivity contribution is 0.493. The van der Waals surface area contributed by atoms with Crippen LogP contribution >= 0.6 is 0 Å². The highest BCUT2D eigenvalue weighted by molar-refractivity contribution is 5.91. The molecule has 0 spiro atoms. The molecule has 0 radical (unpaired) electrons. The maximum absolute atomic E-state index is 14.2. The van der Waals surface area contributed by atoms with E-state index in [-0.39, 0.29) is 0 Å². The maximum Gasteiger partial charge on any atom is 0.162 e. The topological polar surface area (TPSA) is 0 Å². The summed E-state index contributed by atoms with van der Waals surface area (Å²) in [4.78, 5) is 0. The quantitative estimate of drug-likeness (QED) is 0.273. The van der Waals surface area contributed by atoms with E-state index in [0.29, 0.717) is 24.0 Å². The predicted octanol–water partition coefficient (Wildman–Crippen LogP) is 8.34. The lowest BCUT2D eigenvalue weighted by Crippen LogP contribution is -1.99. The molecule has 0 bridgehead atoms. The molecule has 0 fully saturated rings. The van der Waals surface area contributed by atoms with E-state index >= 15 is 0 Å². The van der Waals surface area contributed by atoms with E-state index in [4.69, 9.17) is 0 Å². The fourth-order valence-corrected chi connectivity index (χ4v) is 4.33. The van der Waals surface area contributed by atoms with Crippen molar-refractivity contribution in [2.24, 2.45) is 0 Å². The Morgan fingerprint density at radius 3 is 1.84 bits per heavy atom. The summed E-state index contributed by atoms with van der Waals surface area (Å²) in [6.07, 6.45) is 1.14. The molecule has 32 heavy (non-hydrogen) atoms. The average molecular weight is 423 g/mol. The molecule has 0 heterocycles. The van der Waals surface area contributed by atoms with Gasteiger partial charge in [-0.05, 0) is 88.2 Å². The van der Waals surface area contributed by atoms with Gasteiger partial charge in [0.1, 0.15) is 0 Å². The highest BCUT2D eigenvalue weighted by atomic mass is 19.2. The van der Waals surface area contributed by atoms with E-state index in [0.717, 1.165) is 10.9 Å². The molecule has 5 aromatic carbocycles. The Morgan fingerprint density at radius 2 is 1.12 bits per heavy atom. The summed E-state index contributed by atoms with van der Waals surface area (Å²) in [6, 6.07) is 29.3. The van der Waals surface area contributed by atoms with Crippen LogP contribution in [-0.2, 0) is 12.8 Å². The lowest BCUT2D eigenvalue weighted by Gasteiger charge is -2.09. The smallest absolute Gasteiger partial charge is 0.162 e. The molecule has 0 aliphatic carbocycles. The van der Waals surface area contributed by atoms with E-state index in [1.54, 1.807) is 19.1 Å². The Balaban J connectivity index is 1.40. The number of fused-ring (bicyclic) bond motifs is 2. The fourth-order valence-electron chi connectivity index (χ4n) is 4.33. The lowest BCUT2D eigenvalue weighted by atomic mass is 9.96. The first-order valence-corrected chi connectivity index (χ1v) is 10.9. The Bertz CT molecular complexity index is 1460. The van der Waals surface area contributed by atoms with Crippen molar-refractivity contribution in [2.45, 2.75) is 26.7 Å². The van der Waals surface area contributed by atoms with Gasteiger partial charge in [0.25, 0.3) is 0 Å². The first-order valence-electron chi connectivity index (χ1n) is 10.9. The second-order valence-corrected chi connectivity index (χ2v) is 8.63. The number of aryl methyl sites for hydroxylation is 4. The summed E-state index contributed by atoms with van der Waals surface area (Å²) in [5.41, 5.74) is 5.53. The molecule has 2 heteroatoms. The molecule has 0 saturated carbocycles. The van der Waals surface area contributed by atoms with Gasteiger partial charge in [-0.15, -0.1) is 0 Å². The molecule has 0 aliphatic rings. The minimum Gasteiger partial charge on any atom is -0.203 e. The summed E-state index contributed by atoms with van der Waals surface area (Å²) >= 11 is 0. The van der Waals surface area contributed by atoms with E-state index < -0.39 is 11.6 Å². The van der Waals surface area contributed by atoms with Gasteiger partial charge in [-0.25, -0.2) is 8.78 Å². The number of benzene rings is 5. The molecule has 5 rings (SSSR count). The molecule has 5 aromatic rings. The molecule has 0 nitrogen and oxygen atoms in total. The SMILES string of the molecule is Cc1ccc2cc(-c3ccc4cc(CCc5ccc(C)c(F)c5F)ccc4c3)ccc2c1. The van der Waals surface area contributed by atoms with Crippen LogP contribution in [-0.4, -0.2) is 0 Å². The standard InChI is InChI=1S/C30H24F2/c1-19-3-7-25-17-27(13-11-23(25)15-19)28-14-12-24-16-21(6-10-26(24)18-28)5-9-22-8-4-20(2)29(31)30(22)32/h3-4,6-8,10-18H,5,9H2,1-2H3. The van der Waals surface area contributed by atoms with Gasteiger partial charge in [0.2, 0.25) is 0 Å². The second kappa shape index (κ2) is 8.20. The maximum atomic E-state index is 14.2. The number of halogens is 2. The van der Waals surface area contributed by atoms with Crippen molar-refractivity contribution < 1.29 is 8.78 Å². The van der Waals surface area contributed by atoms with Crippen molar-refractivity contribution >= 4 is 21.5 Å². The van der Waals surface area contributed by atoms with Gasteiger partial charge in [-0.2, -0.15) is 0 Å². The van der Waals surface area contributed by atoms with Gasteiger partial charge < -0.3 is 0 Å². The van der Waals surface area contributed by atoms with Gasteiger partial charge in [0, 0.05) is 0 Å². The molecule has 0 N–H and O–H groups in total. The van der Waals surface area contributed by atoms with Crippen LogP contribution in [0.15, 0.2) is 84.9 Å². The molecular formula is C30H24F2. The van der Waals surface area contributed by atoms with Crippen LogP contribution in [0.5, 0.6) is 0 Å². The summed E-state index contributed by atoms with van der Waals surface area (Å²) in [6.45, 7) is 3.69. The van der Waals surface area contributed by atoms with Gasteiger partial charge in [-0.1, -0.05) is 78.4 Å². The Hall–Kier alpha value is -3.52. The van der Waals surface area contributed by atoms with E-state index in [9.17, 15) is 8.78 Å². The van der Waals surface area contributed by atoms with Gasteiger partial charge >= 0.3 is 0 Å². The Labute approximate surface area is 187 Å². The van der Waals surface area contributed by atoms with Gasteiger partial charge in [-0.3, -0.25) is 0 Å². The first kappa shape index (κ1) is 20.4. The predicted molar refractivity (Wildman–Crippen MR) is 130 cm³/mol. The van der Waals surface area contributed by atoms with E-state index in [1.807, 2.05) is 0 Å². The third-order valence-corrected chi connectivity index (χ3v) is 6.27. The minimum absolute atomic E-state index is 0.342. The fraction of sp³-hybridized carbons (Fsp3) is 0.133. The number of hydrogen-bond donors (Lipinski definition) is 0. The number of rotatable bonds is 4. The van der Waals surface area contributed by atoms with Crippen LogP contribution in [0.4, 0.5) is 8.78 Å². The van der Waals surface area contributed by atoms with Crippen LogP contribution in [0, 0.1) is 25.5 Å². The summed E-state index contributed by atoms with van der Waals surface area (Å²) in [7, 11) is 0. The second-order valence-electron chi connectivity index (χ2n) is 8.63. The summed E-state index contributed by atoms with van der Waals surface area (Å²) < 4.78 is 28.0. The van der Waals surface area contributed by atoms with Gasteiger partial charge in [0.05, 0.1) is 0 Å². The third kappa shape index (κ3) is 3.89. The van der Waals surface area contributed by atoms with Crippen molar-refractivity contribution in [3.8, 4) is 11.1 Å². The normalized spacial score (nSPS) is 11.4. The average Bonchev–Trinajstić information content (AvgIpc) is 2.81. The number of hydrogen-bond acceptors (Lipinski definition) is 0. The van der Waals surface area contributed by atoms with Crippen molar-refractivity contribution in [1.29, 1.82) is 0 Å². The van der Waals surface area contributed by atoms with Crippen molar-refractivity contribution in [1.82, 2.24) is 0 Å². The Kier molecular flexibility index (Phi) is 5.22. The van der Waals surface area contributed by atoms with Crippen LogP contribution in [0.1, 0.15) is 22.3 Å². The zero-order valence-corrected chi connectivity index (χ0v) is 18.3. The zero-order chi connectivity index (χ0) is 22.2. The molecule has 0 unspecified atom stereocenters. The molecule has 0 saturated heterocycles. The van der Waals surface area contributed by atoms with Crippen molar-refractivity contribution in [3.63, 3.8) is 0 Å². The molecule has 0 atom stereocenters. The third-order valence-electron chi connectivity index (χ3n) is 6.27. The van der Waals surface area contributed by atoms with Crippen LogP contribution in [0.2, 0.25) is 0 Å². The zero-order valence-electron chi connectivity index (χ0n) is 18.3. The van der Waals surface area contributed by atoms with Crippen LogP contribution < -0.4 is 0 Å². The first-order chi connectivity index (χ1) is 15.5. The monoisotopic (exact) mass is 422 g/mol. The highest BCUT2D eigenvalue weighted by Crippen LogP contribution is 2.29. The van der Waals surface area contributed by atoms with E-state index in [2.05, 4.69) is 79.7 Å². The summed E-state index contributed by atoms with van der Waals surface area (Å²) in [5.74, 6) is -1.46. The molecular weight excluding hydrogens is 398 g/mol.